The third-order valence-electron chi connectivity index (χ3n) is 10.2. The quantitative estimate of drug-likeness (QED) is 0.0885. The lowest BCUT2D eigenvalue weighted by Gasteiger charge is -2.21. The Hall–Kier alpha value is -2.34. The van der Waals surface area contributed by atoms with Crippen LogP contribution < -0.4 is 10.3 Å². The van der Waals surface area contributed by atoms with Crippen molar-refractivity contribution in [2.24, 2.45) is 11.8 Å². The van der Waals surface area contributed by atoms with Crippen molar-refractivity contribution in [3.05, 3.63) is 39.2 Å². The van der Waals surface area contributed by atoms with E-state index in [0.717, 1.165) is 48.8 Å². The molecule has 266 valence electrons. The van der Waals surface area contributed by atoms with Gasteiger partial charge in [-0.3, -0.25) is 9.59 Å². The molecule has 2 aromatic rings. The van der Waals surface area contributed by atoms with E-state index < -0.39 is 0 Å². The second kappa shape index (κ2) is 21.6. The van der Waals surface area contributed by atoms with Crippen LogP contribution in [0.1, 0.15) is 160 Å². The lowest BCUT2D eigenvalue weighted by molar-refractivity contribution is -0.141. The number of benzene rings is 1. The molecule has 0 bridgehead atoms. The molecule has 1 aromatic heterocycles. The van der Waals surface area contributed by atoms with Crippen LogP contribution in [-0.2, 0) is 35.5 Å². The van der Waals surface area contributed by atoms with Crippen LogP contribution in [0.4, 0.5) is 0 Å². The van der Waals surface area contributed by atoms with Crippen molar-refractivity contribution in [3.63, 3.8) is 0 Å². The molecule has 3 rings (SSSR count). The van der Waals surface area contributed by atoms with Gasteiger partial charge in [0.1, 0.15) is 5.56 Å². The molecule has 47 heavy (non-hydrogen) atoms. The molecule has 0 aliphatic carbocycles. The summed E-state index contributed by atoms with van der Waals surface area (Å²) in [6.45, 7) is 14.8. The average molecular weight is 653 g/mol. The van der Waals surface area contributed by atoms with Crippen molar-refractivity contribution in [3.8, 4) is 17.0 Å². The molecule has 6 nitrogen and oxygen atoms in total. The van der Waals surface area contributed by atoms with Crippen LogP contribution in [0.3, 0.4) is 0 Å². The molecule has 0 fully saturated rings. The first-order valence-electron chi connectivity index (χ1n) is 19.6. The number of carbonyl (C=O) groups excluding carboxylic acids is 1. The fraction of sp³-hybridized carbons (Fsp3) is 0.756. The summed E-state index contributed by atoms with van der Waals surface area (Å²) in [5.41, 5.74) is 4.84. The van der Waals surface area contributed by atoms with Gasteiger partial charge in [-0.15, -0.1) is 0 Å². The van der Waals surface area contributed by atoms with Crippen molar-refractivity contribution in [2.75, 3.05) is 13.2 Å². The predicted molar refractivity (Wildman–Crippen MR) is 197 cm³/mol. The topological polar surface area (TPSA) is 62.5 Å². The Bertz CT molecular complexity index is 1230. The van der Waals surface area contributed by atoms with Gasteiger partial charge in [-0.05, 0) is 48.8 Å². The lowest BCUT2D eigenvalue weighted by atomic mass is 9.89. The summed E-state index contributed by atoms with van der Waals surface area (Å²) >= 11 is 0. The highest BCUT2D eigenvalue weighted by atomic mass is 16.5. The van der Waals surface area contributed by atoms with Gasteiger partial charge in [-0.1, -0.05) is 155 Å². The first-order chi connectivity index (χ1) is 22.8. The van der Waals surface area contributed by atoms with Gasteiger partial charge in [0.2, 0.25) is 5.88 Å². The van der Waals surface area contributed by atoms with Crippen LogP contribution in [0.25, 0.3) is 11.1 Å². The van der Waals surface area contributed by atoms with Crippen LogP contribution in [0, 0.1) is 18.8 Å². The summed E-state index contributed by atoms with van der Waals surface area (Å²) in [4.78, 5) is 27.9. The average Bonchev–Trinajstić information content (AvgIpc) is 3.19. The molecule has 0 radical (unpaired) electrons. The number of aromatic nitrogens is 2. The number of esters is 1. The minimum Gasteiger partial charge on any atom is -0.407 e. The van der Waals surface area contributed by atoms with Crippen LogP contribution in [0.15, 0.2) is 16.9 Å². The molecule has 0 saturated heterocycles. The van der Waals surface area contributed by atoms with Crippen molar-refractivity contribution in [2.45, 2.75) is 177 Å². The third kappa shape index (κ3) is 11.9. The zero-order valence-corrected chi connectivity index (χ0v) is 31.1. The number of hydrogen-bond acceptors (Lipinski definition) is 4. The van der Waals surface area contributed by atoms with Crippen molar-refractivity contribution < 1.29 is 14.3 Å². The molecular weight excluding hydrogens is 584 g/mol. The summed E-state index contributed by atoms with van der Waals surface area (Å²) in [5, 5.41) is 0. The Morgan fingerprint density at radius 2 is 1.19 bits per heavy atom. The van der Waals surface area contributed by atoms with Crippen molar-refractivity contribution in [1.29, 1.82) is 0 Å². The minimum atomic E-state index is -0.212. The molecule has 6 heteroatoms. The van der Waals surface area contributed by atoms with Crippen LogP contribution in [-0.4, -0.2) is 28.5 Å². The molecule has 1 aliphatic heterocycles. The van der Waals surface area contributed by atoms with E-state index >= 15 is 0 Å². The summed E-state index contributed by atoms with van der Waals surface area (Å²) < 4.78 is 15.7. The third-order valence-corrected chi connectivity index (χ3v) is 10.2. The molecule has 0 spiro atoms. The van der Waals surface area contributed by atoms with E-state index in [1.165, 1.54) is 95.5 Å². The largest absolute Gasteiger partial charge is 0.407 e. The normalized spacial score (nSPS) is 13.9. The van der Waals surface area contributed by atoms with E-state index in [0.29, 0.717) is 37.7 Å². The molecule has 1 aromatic carbocycles. The highest BCUT2D eigenvalue weighted by molar-refractivity contribution is 5.81. The Kier molecular flexibility index (Phi) is 18.0. The van der Waals surface area contributed by atoms with Crippen LogP contribution >= 0.6 is 0 Å². The molecule has 1 unspecified atom stereocenters. The van der Waals surface area contributed by atoms with E-state index in [1.807, 2.05) is 4.68 Å². The van der Waals surface area contributed by atoms with Gasteiger partial charge in [0.25, 0.3) is 5.56 Å². The Morgan fingerprint density at radius 3 is 1.66 bits per heavy atom. The minimum absolute atomic E-state index is 0.0922. The first kappa shape index (κ1) is 39.1. The molecule has 0 amide bonds. The van der Waals surface area contributed by atoms with E-state index in [-0.39, 0.29) is 23.4 Å². The second-order valence-corrected chi connectivity index (χ2v) is 14.4. The first-order valence-corrected chi connectivity index (χ1v) is 19.6. The number of hydrogen-bond donors (Lipinski definition) is 0. The predicted octanol–water partition coefficient (Wildman–Crippen LogP) is 10.6. The highest BCUT2D eigenvalue weighted by Crippen LogP contribution is 2.36. The fourth-order valence-corrected chi connectivity index (χ4v) is 7.36. The smallest absolute Gasteiger partial charge is 0.315 e. The Balaban J connectivity index is 1.55. The molecular formula is C41H68N2O4. The maximum Gasteiger partial charge on any atom is 0.315 e. The highest BCUT2D eigenvalue weighted by Gasteiger charge is 2.31. The van der Waals surface area contributed by atoms with Gasteiger partial charge in [0.05, 0.1) is 32.2 Å². The van der Waals surface area contributed by atoms with Gasteiger partial charge < -0.3 is 9.47 Å². The summed E-state index contributed by atoms with van der Waals surface area (Å²) in [6, 6.07) is 4.34. The second-order valence-electron chi connectivity index (χ2n) is 14.4. The SMILES string of the molecule is CCCCCCCCCCCCCCCCCCC(C(=O)Oc1c(-c2c(CC)cc(C)cc2CC)c(=O)n2n1CCOCC2)C(C)C. The van der Waals surface area contributed by atoms with Crippen molar-refractivity contribution >= 4 is 5.97 Å². The van der Waals surface area contributed by atoms with Gasteiger partial charge in [0.15, 0.2) is 0 Å². The number of unbranched alkanes of at least 4 members (excludes halogenated alkanes) is 15. The number of nitrogens with zero attached hydrogens (tertiary/aromatic N) is 2. The maximum absolute atomic E-state index is 14.0. The zero-order valence-electron chi connectivity index (χ0n) is 31.1. The number of aryl methyl sites for hydroxylation is 3. The van der Waals surface area contributed by atoms with E-state index in [4.69, 9.17) is 9.47 Å². The summed E-state index contributed by atoms with van der Waals surface area (Å²) in [7, 11) is 0. The van der Waals surface area contributed by atoms with Gasteiger partial charge in [-0.2, -0.15) is 0 Å². The summed E-state index contributed by atoms with van der Waals surface area (Å²) in [6.07, 6.45) is 23.8. The number of carbonyl (C=O) groups is 1. The monoisotopic (exact) mass is 653 g/mol. The van der Waals surface area contributed by atoms with Crippen LogP contribution in [0.5, 0.6) is 5.88 Å². The molecule has 0 N–H and O–H groups in total. The fourth-order valence-electron chi connectivity index (χ4n) is 7.36. The van der Waals surface area contributed by atoms with Gasteiger partial charge in [-0.25, -0.2) is 9.36 Å². The molecule has 1 aliphatic rings. The number of ether oxygens (including phenoxy) is 2. The molecule has 0 saturated carbocycles. The maximum atomic E-state index is 14.0. The Labute approximate surface area is 287 Å². The van der Waals surface area contributed by atoms with E-state index in [1.54, 1.807) is 4.68 Å². The van der Waals surface area contributed by atoms with Gasteiger partial charge in [0, 0.05) is 0 Å². The van der Waals surface area contributed by atoms with Crippen LogP contribution in [0.2, 0.25) is 0 Å². The van der Waals surface area contributed by atoms with E-state index in [9.17, 15) is 9.59 Å². The lowest BCUT2D eigenvalue weighted by Crippen LogP contribution is -2.27. The number of rotatable bonds is 23. The zero-order chi connectivity index (χ0) is 34.0. The molecule has 2 heterocycles. The van der Waals surface area contributed by atoms with Crippen molar-refractivity contribution in [1.82, 2.24) is 9.36 Å². The summed E-state index contributed by atoms with van der Waals surface area (Å²) in [5.74, 6) is 0.158. The van der Waals surface area contributed by atoms with Gasteiger partial charge >= 0.3 is 5.97 Å². The Morgan fingerprint density at radius 1 is 0.723 bits per heavy atom. The van der Waals surface area contributed by atoms with E-state index in [2.05, 4.69) is 53.7 Å². The standard InChI is InChI=1S/C41H68N2O4/c1-7-10-11-12-13-14-15-16-17-18-19-20-21-22-23-24-25-36(32(4)5)41(45)47-40-38(39(44)42-26-28-46-29-27-43(40)42)37-34(8-2)30-33(6)31-35(37)9-3/h30-32,36H,7-29H2,1-6H3. The molecule has 1 atom stereocenters. The number of fused-ring (bicyclic) bond motifs is 1.